The van der Waals surface area contributed by atoms with Crippen LogP contribution in [0.5, 0.6) is 0 Å². The van der Waals surface area contributed by atoms with Gasteiger partial charge in [-0.25, -0.2) is 4.39 Å². The van der Waals surface area contributed by atoms with Gasteiger partial charge in [0.2, 0.25) is 0 Å². The fourth-order valence-electron chi connectivity index (χ4n) is 1.42. The van der Waals surface area contributed by atoms with E-state index >= 15 is 0 Å². The van der Waals surface area contributed by atoms with E-state index in [4.69, 9.17) is 17.4 Å². The van der Waals surface area contributed by atoms with Crippen LogP contribution in [0.15, 0.2) is 18.2 Å². The Labute approximate surface area is 94.6 Å². The second-order valence-electron chi connectivity index (χ2n) is 3.96. The minimum Gasteiger partial charge on any atom is -0.271 e. The van der Waals surface area contributed by atoms with Gasteiger partial charge in [-0.15, -0.1) is 0 Å². The first-order valence-corrected chi connectivity index (χ1v) is 5.32. The Morgan fingerprint density at radius 3 is 2.67 bits per heavy atom. The van der Waals surface area contributed by atoms with Gasteiger partial charge < -0.3 is 0 Å². The van der Waals surface area contributed by atoms with Crippen molar-refractivity contribution in [2.75, 3.05) is 0 Å². The van der Waals surface area contributed by atoms with Crippen molar-refractivity contribution < 1.29 is 4.39 Å². The van der Waals surface area contributed by atoms with E-state index in [1.165, 1.54) is 12.1 Å². The lowest BCUT2D eigenvalue weighted by Crippen LogP contribution is -2.40. The molecule has 3 N–H and O–H groups in total. The lowest BCUT2D eigenvalue weighted by molar-refractivity contribution is 0.404. The van der Waals surface area contributed by atoms with Gasteiger partial charge in [-0.1, -0.05) is 25.4 Å². The molecule has 0 aliphatic heterocycles. The molecule has 1 unspecified atom stereocenters. The van der Waals surface area contributed by atoms with Crippen LogP contribution in [-0.2, 0) is 6.42 Å². The summed E-state index contributed by atoms with van der Waals surface area (Å²) in [6.45, 7) is 4.11. The molecule has 0 bridgehead atoms. The quantitative estimate of drug-likeness (QED) is 0.616. The van der Waals surface area contributed by atoms with E-state index < -0.39 is 0 Å². The molecular weight excluding hydrogens is 215 g/mol. The molecular formula is C11H16ClFN2. The lowest BCUT2D eigenvalue weighted by atomic mass is 9.97. The zero-order chi connectivity index (χ0) is 11.4. The predicted molar refractivity (Wildman–Crippen MR) is 61.1 cm³/mol. The van der Waals surface area contributed by atoms with Gasteiger partial charge in [0.05, 0.1) is 0 Å². The smallest absolute Gasteiger partial charge is 0.123 e. The normalized spacial score (nSPS) is 13.2. The Morgan fingerprint density at radius 2 is 2.13 bits per heavy atom. The summed E-state index contributed by atoms with van der Waals surface area (Å²) in [6.07, 6.45) is 0.630. The van der Waals surface area contributed by atoms with Crippen LogP contribution in [0.2, 0.25) is 5.02 Å². The maximum atomic E-state index is 13.0. The Kier molecular flexibility index (Phi) is 4.51. The second-order valence-corrected chi connectivity index (χ2v) is 4.36. The maximum absolute atomic E-state index is 13.0. The fraction of sp³-hybridized carbons (Fsp3) is 0.455. The average Bonchev–Trinajstić information content (AvgIpc) is 2.18. The molecule has 15 heavy (non-hydrogen) atoms. The molecule has 1 aromatic rings. The zero-order valence-electron chi connectivity index (χ0n) is 8.93. The van der Waals surface area contributed by atoms with Gasteiger partial charge >= 0.3 is 0 Å². The summed E-state index contributed by atoms with van der Waals surface area (Å²) < 4.78 is 13.0. The third-order valence-corrected chi connectivity index (χ3v) is 2.84. The summed E-state index contributed by atoms with van der Waals surface area (Å²) in [7, 11) is 0. The Bertz CT molecular complexity index is 328. The molecule has 0 saturated carbocycles. The van der Waals surface area contributed by atoms with Crippen LogP contribution in [0.1, 0.15) is 19.4 Å². The molecule has 0 heterocycles. The summed E-state index contributed by atoms with van der Waals surface area (Å²) in [5.74, 6) is 5.52. The highest BCUT2D eigenvalue weighted by Crippen LogP contribution is 2.20. The molecule has 0 aliphatic carbocycles. The Hall–Kier alpha value is -0.640. The first-order chi connectivity index (χ1) is 7.04. The van der Waals surface area contributed by atoms with Crippen molar-refractivity contribution in [2.45, 2.75) is 26.3 Å². The first-order valence-electron chi connectivity index (χ1n) is 4.94. The number of rotatable bonds is 4. The summed E-state index contributed by atoms with van der Waals surface area (Å²) in [4.78, 5) is 0. The van der Waals surface area contributed by atoms with Crippen LogP contribution in [0.3, 0.4) is 0 Å². The summed E-state index contributed by atoms with van der Waals surface area (Å²) in [5.41, 5.74) is 3.50. The van der Waals surface area contributed by atoms with Crippen LogP contribution in [-0.4, -0.2) is 6.04 Å². The number of halogens is 2. The van der Waals surface area contributed by atoms with Crippen molar-refractivity contribution in [3.8, 4) is 0 Å². The molecule has 0 radical (unpaired) electrons. The highest BCUT2D eigenvalue weighted by atomic mass is 35.5. The lowest BCUT2D eigenvalue weighted by Gasteiger charge is -2.20. The van der Waals surface area contributed by atoms with E-state index in [1.54, 1.807) is 6.07 Å². The standard InChI is InChI=1S/C11H16ClFN2/c1-7(2)11(15-14)6-8-5-9(13)3-4-10(8)12/h3-5,7,11,15H,6,14H2,1-2H3. The summed E-state index contributed by atoms with van der Waals surface area (Å²) in [5, 5.41) is 0.581. The second kappa shape index (κ2) is 5.45. The molecule has 4 heteroatoms. The number of hydrogen-bond donors (Lipinski definition) is 2. The van der Waals surface area contributed by atoms with Crippen molar-refractivity contribution in [2.24, 2.45) is 11.8 Å². The molecule has 1 atom stereocenters. The molecule has 2 nitrogen and oxygen atoms in total. The van der Waals surface area contributed by atoms with Crippen LogP contribution >= 0.6 is 11.6 Å². The van der Waals surface area contributed by atoms with Crippen LogP contribution in [0, 0.1) is 11.7 Å². The van der Waals surface area contributed by atoms with Gasteiger partial charge in [-0.2, -0.15) is 0 Å². The van der Waals surface area contributed by atoms with Crippen LogP contribution in [0.25, 0.3) is 0 Å². The predicted octanol–water partition coefficient (Wildman–Crippen LogP) is 2.51. The van der Waals surface area contributed by atoms with E-state index in [-0.39, 0.29) is 11.9 Å². The molecule has 0 aromatic heterocycles. The van der Waals surface area contributed by atoms with Gasteiger partial charge in [-0.3, -0.25) is 11.3 Å². The van der Waals surface area contributed by atoms with Gasteiger partial charge in [-0.05, 0) is 36.1 Å². The highest BCUT2D eigenvalue weighted by Gasteiger charge is 2.14. The van der Waals surface area contributed by atoms with Gasteiger partial charge in [0.1, 0.15) is 5.82 Å². The van der Waals surface area contributed by atoms with Crippen molar-refractivity contribution in [3.05, 3.63) is 34.6 Å². The third kappa shape index (κ3) is 3.45. The number of hydrazine groups is 1. The summed E-state index contributed by atoms with van der Waals surface area (Å²) in [6, 6.07) is 4.48. The Morgan fingerprint density at radius 1 is 1.47 bits per heavy atom. The molecule has 1 aromatic carbocycles. The third-order valence-electron chi connectivity index (χ3n) is 2.47. The Balaban J connectivity index is 2.82. The monoisotopic (exact) mass is 230 g/mol. The minimum absolute atomic E-state index is 0.101. The van der Waals surface area contributed by atoms with Gasteiger partial charge in [0, 0.05) is 11.1 Å². The average molecular weight is 231 g/mol. The van der Waals surface area contributed by atoms with Crippen molar-refractivity contribution in [1.82, 2.24) is 5.43 Å². The number of hydrogen-bond acceptors (Lipinski definition) is 2. The zero-order valence-corrected chi connectivity index (χ0v) is 9.68. The molecule has 1 rings (SSSR count). The highest BCUT2D eigenvalue weighted by molar-refractivity contribution is 6.31. The van der Waals surface area contributed by atoms with Crippen LogP contribution in [0.4, 0.5) is 4.39 Å². The molecule has 0 amide bonds. The minimum atomic E-state index is -0.270. The van der Waals surface area contributed by atoms with E-state index in [1.807, 2.05) is 0 Å². The van der Waals surface area contributed by atoms with E-state index in [0.717, 1.165) is 5.56 Å². The molecule has 0 fully saturated rings. The van der Waals surface area contributed by atoms with Crippen LogP contribution < -0.4 is 11.3 Å². The topological polar surface area (TPSA) is 38.0 Å². The largest absolute Gasteiger partial charge is 0.271 e. The number of nitrogens with one attached hydrogen (secondary N) is 1. The van der Waals surface area contributed by atoms with E-state index in [9.17, 15) is 4.39 Å². The summed E-state index contributed by atoms with van der Waals surface area (Å²) >= 11 is 5.97. The molecule has 0 saturated heterocycles. The molecule has 84 valence electrons. The van der Waals surface area contributed by atoms with E-state index in [0.29, 0.717) is 17.4 Å². The molecule has 0 spiro atoms. The van der Waals surface area contributed by atoms with Gasteiger partial charge in [0.25, 0.3) is 0 Å². The van der Waals surface area contributed by atoms with Crippen molar-refractivity contribution in [1.29, 1.82) is 0 Å². The maximum Gasteiger partial charge on any atom is 0.123 e. The fourth-order valence-corrected chi connectivity index (χ4v) is 1.62. The first kappa shape index (κ1) is 12.4. The number of nitrogens with two attached hydrogens (primary N) is 1. The number of benzene rings is 1. The van der Waals surface area contributed by atoms with Crippen molar-refractivity contribution in [3.63, 3.8) is 0 Å². The van der Waals surface area contributed by atoms with E-state index in [2.05, 4.69) is 19.3 Å². The van der Waals surface area contributed by atoms with Crippen molar-refractivity contribution >= 4 is 11.6 Å². The molecule has 0 aliphatic rings. The SMILES string of the molecule is CC(C)C(Cc1cc(F)ccc1Cl)NN. The van der Waals surface area contributed by atoms with Gasteiger partial charge in [0.15, 0.2) is 0 Å².